The highest BCUT2D eigenvalue weighted by Gasteiger charge is 2.42. The van der Waals surface area contributed by atoms with Gasteiger partial charge in [-0.2, -0.15) is 26.3 Å². The summed E-state index contributed by atoms with van der Waals surface area (Å²) in [5.41, 5.74) is -3.63. The minimum absolute atomic E-state index is 0.0614. The van der Waals surface area contributed by atoms with Gasteiger partial charge in [0.1, 0.15) is 10.2 Å². The minimum atomic E-state index is -5.27. The number of benzene rings is 1. The number of nitro benzene ring substituents is 2. The average molecular weight is 515 g/mol. The smallest absolute Gasteiger partial charge is 0.287 e. The number of aromatic nitrogens is 1. The van der Waals surface area contributed by atoms with Crippen molar-refractivity contribution >= 4 is 57.7 Å². The third-order valence-electron chi connectivity index (χ3n) is 3.44. The fourth-order valence-electron chi connectivity index (χ4n) is 2.15. The first-order valence-corrected chi connectivity index (χ1v) is 8.36. The van der Waals surface area contributed by atoms with E-state index in [0.717, 1.165) is 0 Å². The average Bonchev–Trinajstić information content (AvgIpc) is 2.59. The molecule has 2 rings (SSSR count). The van der Waals surface area contributed by atoms with Gasteiger partial charge in [-0.1, -0.05) is 34.8 Å². The van der Waals surface area contributed by atoms with Crippen LogP contribution in [0.3, 0.4) is 0 Å². The van der Waals surface area contributed by atoms with E-state index in [1.165, 1.54) is 0 Å². The van der Waals surface area contributed by atoms with E-state index in [9.17, 15) is 46.6 Å². The van der Waals surface area contributed by atoms with E-state index in [1.54, 1.807) is 0 Å². The summed E-state index contributed by atoms with van der Waals surface area (Å²) in [5.74, 6) is -0.681. The first-order valence-electron chi connectivity index (χ1n) is 7.23. The zero-order valence-corrected chi connectivity index (χ0v) is 16.3. The largest absolute Gasteiger partial charge is 0.419 e. The van der Waals surface area contributed by atoms with Gasteiger partial charge in [0, 0.05) is 6.07 Å². The van der Waals surface area contributed by atoms with E-state index in [4.69, 9.17) is 34.8 Å². The van der Waals surface area contributed by atoms with Gasteiger partial charge in [-0.25, -0.2) is 4.98 Å². The Morgan fingerprint density at radius 2 is 1.42 bits per heavy atom. The molecule has 0 aliphatic heterocycles. The highest BCUT2D eigenvalue weighted by atomic mass is 35.5. The van der Waals surface area contributed by atoms with Crippen LogP contribution in [0.15, 0.2) is 12.1 Å². The van der Waals surface area contributed by atoms with Crippen LogP contribution in [-0.4, -0.2) is 14.8 Å². The second-order valence-corrected chi connectivity index (χ2v) is 6.54. The highest BCUT2D eigenvalue weighted by Crippen LogP contribution is 2.47. The van der Waals surface area contributed by atoms with Crippen LogP contribution in [0.5, 0.6) is 0 Å². The molecule has 0 saturated heterocycles. The van der Waals surface area contributed by atoms with Gasteiger partial charge in [0.05, 0.1) is 26.0 Å². The van der Waals surface area contributed by atoms with E-state index >= 15 is 0 Å². The molecule has 168 valence electrons. The number of hydrogen-bond acceptors (Lipinski definition) is 7. The normalized spacial score (nSPS) is 11.9. The number of nitro groups is 2. The van der Waals surface area contributed by atoms with Crippen molar-refractivity contribution in [2.24, 2.45) is 0 Å². The monoisotopic (exact) mass is 513 g/mol. The van der Waals surface area contributed by atoms with Gasteiger partial charge in [0.2, 0.25) is 5.69 Å². The number of anilines is 2. The molecular weight excluding hydrogens is 511 g/mol. The number of pyridine rings is 1. The van der Waals surface area contributed by atoms with Crippen LogP contribution in [0.4, 0.5) is 49.2 Å². The van der Waals surface area contributed by atoms with E-state index in [-0.39, 0.29) is 6.07 Å². The van der Waals surface area contributed by atoms with Crippen molar-refractivity contribution in [1.82, 2.24) is 4.98 Å². The van der Waals surface area contributed by atoms with E-state index in [1.807, 2.05) is 10.9 Å². The van der Waals surface area contributed by atoms with Crippen molar-refractivity contribution in [2.45, 2.75) is 12.4 Å². The zero-order chi connectivity index (χ0) is 23.9. The quantitative estimate of drug-likeness (QED) is 0.207. The molecule has 2 aromatic rings. The Morgan fingerprint density at radius 3 is 1.87 bits per heavy atom. The SMILES string of the molecule is O=[N+]([O-])c1cc(C(F)(F)F)c(Cl)c([N+](=O)[O-])c1NNc1nc(Cl)c(C(F)(F)F)cc1Cl. The maximum Gasteiger partial charge on any atom is 0.419 e. The predicted octanol–water partition coefficient (Wildman–Crippen LogP) is 6.33. The molecule has 1 aromatic heterocycles. The van der Waals surface area contributed by atoms with Crippen molar-refractivity contribution in [3.05, 3.63) is 58.7 Å². The lowest BCUT2D eigenvalue weighted by Crippen LogP contribution is -2.17. The maximum atomic E-state index is 13.0. The standard InChI is InChI=1S/C13H4Cl3F6N5O4/c14-5-1-4(13(20,21)22)10(16)23-11(5)25-24-8-6(26(28)29)2-3(12(17,18)19)7(15)9(8)27(30)31/h1-2,24H,(H,23,25). The van der Waals surface area contributed by atoms with Gasteiger partial charge in [-0.05, 0) is 6.07 Å². The molecule has 18 heteroatoms. The maximum absolute atomic E-state index is 13.0. The molecule has 0 unspecified atom stereocenters. The van der Waals surface area contributed by atoms with Crippen LogP contribution >= 0.6 is 34.8 Å². The van der Waals surface area contributed by atoms with Crippen molar-refractivity contribution in [3.63, 3.8) is 0 Å². The fraction of sp³-hybridized carbons (Fsp3) is 0.154. The highest BCUT2D eigenvalue weighted by molar-refractivity contribution is 6.35. The lowest BCUT2D eigenvalue weighted by Gasteiger charge is -2.16. The number of nitrogens with zero attached hydrogens (tertiary/aromatic N) is 3. The first-order chi connectivity index (χ1) is 14.1. The Balaban J connectivity index is 2.60. The lowest BCUT2D eigenvalue weighted by molar-refractivity contribution is -0.392. The molecule has 0 amide bonds. The van der Waals surface area contributed by atoms with Gasteiger partial charge in [-0.15, -0.1) is 0 Å². The third kappa shape index (κ3) is 5.11. The Bertz CT molecular complexity index is 1080. The van der Waals surface area contributed by atoms with E-state index in [2.05, 4.69) is 4.98 Å². The molecule has 2 N–H and O–H groups in total. The number of halogens is 9. The van der Waals surface area contributed by atoms with E-state index < -0.39 is 71.4 Å². The summed E-state index contributed by atoms with van der Waals surface area (Å²) in [6.07, 6.45) is -10.2. The number of hydrogen-bond donors (Lipinski definition) is 2. The molecule has 9 nitrogen and oxygen atoms in total. The van der Waals surface area contributed by atoms with Gasteiger partial charge in [0.15, 0.2) is 5.82 Å². The molecule has 0 atom stereocenters. The van der Waals surface area contributed by atoms with E-state index in [0.29, 0.717) is 6.07 Å². The fourth-order valence-corrected chi connectivity index (χ4v) is 2.92. The van der Waals surface area contributed by atoms with Crippen LogP contribution in [0.25, 0.3) is 0 Å². The van der Waals surface area contributed by atoms with Gasteiger partial charge in [-0.3, -0.25) is 31.1 Å². The molecule has 0 saturated carbocycles. The summed E-state index contributed by atoms with van der Waals surface area (Å²) in [7, 11) is 0. The molecule has 0 fully saturated rings. The van der Waals surface area contributed by atoms with Crippen LogP contribution in [0.2, 0.25) is 15.2 Å². The summed E-state index contributed by atoms with van der Waals surface area (Å²) in [5, 5.41) is 19.1. The first kappa shape index (κ1) is 24.5. The minimum Gasteiger partial charge on any atom is -0.287 e. The van der Waals surface area contributed by atoms with Crippen LogP contribution < -0.4 is 10.9 Å². The molecule has 0 spiro atoms. The molecule has 0 aliphatic rings. The lowest BCUT2D eigenvalue weighted by atomic mass is 10.1. The third-order valence-corrected chi connectivity index (χ3v) is 4.40. The van der Waals surface area contributed by atoms with Gasteiger partial charge < -0.3 is 0 Å². The van der Waals surface area contributed by atoms with Crippen molar-refractivity contribution in [3.8, 4) is 0 Å². The summed E-state index contributed by atoms with van der Waals surface area (Å²) in [6.45, 7) is 0. The zero-order valence-electron chi connectivity index (χ0n) is 14.0. The molecule has 1 heterocycles. The Hall–Kier alpha value is -2.78. The van der Waals surface area contributed by atoms with Crippen molar-refractivity contribution in [2.75, 3.05) is 10.9 Å². The van der Waals surface area contributed by atoms with Gasteiger partial charge >= 0.3 is 23.7 Å². The second-order valence-electron chi connectivity index (χ2n) is 5.40. The molecule has 0 radical (unpaired) electrons. The Kier molecular flexibility index (Phi) is 6.63. The van der Waals surface area contributed by atoms with Crippen molar-refractivity contribution in [1.29, 1.82) is 0 Å². The topological polar surface area (TPSA) is 123 Å². The number of rotatable bonds is 5. The van der Waals surface area contributed by atoms with Crippen LogP contribution in [0, 0.1) is 20.2 Å². The molecule has 31 heavy (non-hydrogen) atoms. The second kappa shape index (κ2) is 8.39. The summed E-state index contributed by atoms with van der Waals surface area (Å²) < 4.78 is 77.5. The number of alkyl halides is 6. The molecule has 0 bridgehead atoms. The summed E-state index contributed by atoms with van der Waals surface area (Å²) in [6, 6.07) is 0.275. The van der Waals surface area contributed by atoms with Gasteiger partial charge in [0.25, 0.3) is 0 Å². The summed E-state index contributed by atoms with van der Waals surface area (Å²) in [4.78, 5) is 22.9. The molecular formula is C13H4Cl3F6N5O4. The molecule has 0 aliphatic carbocycles. The number of nitrogens with one attached hydrogen (secondary N) is 2. The van der Waals surface area contributed by atoms with Crippen LogP contribution in [0.1, 0.15) is 11.1 Å². The Morgan fingerprint density at radius 1 is 0.871 bits per heavy atom. The molecule has 1 aromatic carbocycles. The Labute approximate surface area is 181 Å². The number of hydrazine groups is 1. The summed E-state index contributed by atoms with van der Waals surface area (Å²) >= 11 is 16.5. The van der Waals surface area contributed by atoms with Crippen LogP contribution in [-0.2, 0) is 12.4 Å². The van der Waals surface area contributed by atoms with Crippen molar-refractivity contribution < 1.29 is 36.2 Å². The predicted molar refractivity (Wildman–Crippen MR) is 96.3 cm³/mol.